The summed E-state index contributed by atoms with van der Waals surface area (Å²) in [6.07, 6.45) is 7.60. The van der Waals surface area contributed by atoms with Crippen molar-refractivity contribution in [2.24, 2.45) is 0 Å². The normalized spacial score (nSPS) is 20.6. The predicted molar refractivity (Wildman–Crippen MR) is 151 cm³/mol. The van der Waals surface area contributed by atoms with Crippen LogP contribution in [0.5, 0.6) is 5.88 Å². The average molecular weight is 588 g/mol. The van der Waals surface area contributed by atoms with Gasteiger partial charge in [0.2, 0.25) is 15.9 Å². The number of hydrogen-bond acceptors (Lipinski definition) is 11. The number of ether oxygens (including phenoxy) is 2. The number of thiazole rings is 1. The number of sulfonamides is 1. The molecule has 0 radical (unpaired) electrons. The first-order valence-corrected chi connectivity index (χ1v) is 15.6. The number of carbonyl (C=O) groups is 1. The summed E-state index contributed by atoms with van der Waals surface area (Å²) in [5.74, 6) is 0.0333. The van der Waals surface area contributed by atoms with Crippen LogP contribution in [-0.2, 0) is 14.8 Å². The Morgan fingerprint density at radius 2 is 1.98 bits per heavy atom. The molecular weight excluding hydrogens is 554 g/mol. The van der Waals surface area contributed by atoms with Crippen molar-refractivity contribution >= 4 is 33.0 Å². The third-order valence-corrected chi connectivity index (χ3v) is 9.66. The summed E-state index contributed by atoms with van der Waals surface area (Å²) in [6.45, 7) is 8.11. The van der Waals surface area contributed by atoms with E-state index in [1.807, 2.05) is 6.92 Å². The van der Waals surface area contributed by atoms with Crippen LogP contribution in [0.3, 0.4) is 0 Å². The highest BCUT2D eigenvalue weighted by atomic mass is 32.2. The molecule has 0 unspecified atom stereocenters. The molecule has 5 rings (SSSR count). The Labute approximate surface area is 237 Å². The van der Waals surface area contributed by atoms with Crippen LogP contribution < -0.4 is 14.8 Å². The number of pyridine rings is 1. The molecule has 3 atom stereocenters. The molecule has 1 saturated heterocycles. The van der Waals surface area contributed by atoms with Crippen molar-refractivity contribution in [3.05, 3.63) is 47.6 Å². The van der Waals surface area contributed by atoms with Gasteiger partial charge in [-0.25, -0.2) is 18.4 Å². The summed E-state index contributed by atoms with van der Waals surface area (Å²) >= 11 is 1.20. The van der Waals surface area contributed by atoms with E-state index in [1.54, 1.807) is 30.7 Å². The van der Waals surface area contributed by atoms with Crippen LogP contribution in [0.15, 0.2) is 36.9 Å². The zero-order valence-electron chi connectivity index (χ0n) is 22.6. The second-order valence-corrected chi connectivity index (χ2v) is 13.0. The molecule has 14 heteroatoms. The second kappa shape index (κ2) is 12.1. The molecule has 2 fully saturated rings. The van der Waals surface area contributed by atoms with Gasteiger partial charge in [0.1, 0.15) is 5.69 Å². The number of amides is 1. The maximum atomic E-state index is 13.5. The SMILES string of the molecule is CCOc1cncc(-c2cnc(C(=O)N[C@@H](CN3[C@H](C)COC[C@@H]3C)c3cc(NS(=O)(=O)C4CC4)ccn3)s2)n1. The molecule has 1 aliphatic heterocycles. The third kappa shape index (κ3) is 6.74. The fourth-order valence-corrected chi connectivity index (χ4v) is 6.70. The minimum Gasteiger partial charge on any atom is -0.477 e. The Kier molecular flexibility index (Phi) is 8.59. The summed E-state index contributed by atoms with van der Waals surface area (Å²) in [5.41, 5.74) is 1.53. The van der Waals surface area contributed by atoms with Gasteiger partial charge in [-0.3, -0.25) is 24.4 Å². The Morgan fingerprint density at radius 1 is 1.20 bits per heavy atom. The predicted octanol–water partition coefficient (Wildman–Crippen LogP) is 2.88. The molecular formula is C26H33N7O5S2. The molecule has 0 aromatic carbocycles. The van der Waals surface area contributed by atoms with E-state index in [0.29, 0.717) is 67.0 Å². The number of nitrogens with one attached hydrogen (secondary N) is 2. The lowest BCUT2D eigenvalue weighted by Crippen LogP contribution is -2.52. The Balaban J connectivity index is 1.38. The van der Waals surface area contributed by atoms with E-state index in [1.165, 1.54) is 17.5 Å². The summed E-state index contributed by atoms with van der Waals surface area (Å²) in [4.78, 5) is 33.8. The summed E-state index contributed by atoms with van der Waals surface area (Å²) < 4.78 is 38.9. The van der Waals surface area contributed by atoms with Gasteiger partial charge in [-0.15, -0.1) is 11.3 Å². The van der Waals surface area contributed by atoms with Gasteiger partial charge in [0.25, 0.3) is 5.91 Å². The van der Waals surface area contributed by atoms with E-state index in [9.17, 15) is 13.2 Å². The number of carbonyl (C=O) groups excluding carboxylic acids is 1. The molecule has 214 valence electrons. The van der Waals surface area contributed by atoms with Crippen LogP contribution in [0.2, 0.25) is 0 Å². The molecule has 3 aromatic heterocycles. The van der Waals surface area contributed by atoms with Crippen molar-refractivity contribution in [2.45, 2.75) is 57.0 Å². The molecule has 2 N–H and O–H groups in total. The highest BCUT2D eigenvalue weighted by Crippen LogP contribution is 2.31. The molecule has 0 bridgehead atoms. The topological polar surface area (TPSA) is 149 Å². The highest BCUT2D eigenvalue weighted by Gasteiger charge is 2.36. The monoisotopic (exact) mass is 587 g/mol. The maximum Gasteiger partial charge on any atom is 0.280 e. The zero-order chi connectivity index (χ0) is 28.3. The van der Waals surface area contributed by atoms with Gasteiger partial charge < -0.3 is 14.8 Å². The van der Waals surface area contributed by atoms with Gasteiger partial charge in [0, 0.05) is 31.0 Å². The average Bonchev–Trinajstić information content (AvgIpc) is 3.68. The number of hydrogen-bond donors (Lipinski definition) is 2. The minimum atomic E-state index is -3.44. The quantitative estimate of drug-likeness (QED) is 0.343. The summed E-state index contributed by atoms with van der Waals surface area (Å²) in [5, 5.41) is 2.99. The van der Waals surface area contributed by atoms with E-state index in [-0.39, 0.29) is 28.2 Å². The van der Waals surface area contributed by atoms with E-state index in [4.69, 9.17) is 9.47 Å². The van der Waals surface area contributed by atoms with Crippen molar-refractivity contribution < 1.29 is 22.7 Å². The molecule has 3 aromatic rings. The fraction of sp³-hybridized carbons (Fsp3) is 0.500. The number of nitrogens with zero attached hydrogens (tertiary/aromatic N) is 5. The van der Waals surface area contributed by atoms with E-state index < -0.39 is 16.1 Å². The van der Waals surface area contributed by atoms with Crippen molar-refractivity contribution in [2.75, 3.05) is 31.1 Å². The largest absolute Gasteiger partial charge is 0.477 e. The summed E-state index contributed by atoms with van der Waals surface area (Å²) in [7, 11) is -3.44. The van der Waals surface area contributed by atoms with E-state index in [2.05, 4.69) is 48.7 Å². The Morgan fingerprint density at radius 3 is 2.70 bits per heavy atom. The molecule has 1 saturated carbocycles. The van der Waals surface area contributed by atoms with Crippen LogP contribution in [0.4, 0.5) is 5.69 Å². The van der Waals surface area contributed by atoms with E-state index >= 15 is 0 Å². The zero-order valence-corrected chi connectivity index (χ0v) is 24.2. The van der Waals surface area contributed by atoms with Gasteiger partial charge >= 0.3 is 0 Å². The van der Waals surface area contributed by atoms with E-state index in [0.717, 1.165) is 0 Å². The molecule has 12 nitrogen and oxygen atoms in total. The van der Waals surface area contributed by atoms with Crippen molar-refractivity contribution in [1.29, 1.82) is 0 Å². The van der Waals surface area contributed by atoms with Crippen LogP contribution >= 0.6 is 11.3 Å². The lowest BCUT2D eigenvalue weighted by molar-refractivity contribution is -0.0403. The molecule has 0 spiro atoms. The standard InChI is InChI=1S/C26H33N7O5S2/c1-4-38-24-12-27-10-21(30-24)23-11-29-26(39-23)25(34)31-22(13-33-16(2)14-37-15-17(33)3)20-9-18(7-8-28-20)32-40(35,36)19-5-6-19/h7-12,16-17,19,22H,4-6,13-15H2,1-3H3,(H,28,32)(H,31,34)/t16-,17+,22-/m0/s1. The van der Waals surface area contributed by atoms with Crippen LogP contribution in [0.25, 0.3) is 10.6 Å². The maximum absolute atomic E-state index is 13.5. The number of rotatable bonds is 11. The fourth-order valence-electron chi connectivity index (χ4n) is 4.55. The molecule has 1 aliphatic carbocycles. The molecule has 40 heavy (non-hydrogen) atoms. The van der Waals surface area contributed by atoms with Crippen molar-refractivity contribution in [3.63, 3.8) is 0 Å². The molecule has 1 amide bonds. The molecule has 2 aliphatic rings. The van der Waals surface area contributed by atoms with Gasteiger partial charge in [-0.2, -0.15) is 0 Å². The van der Waals surface area contributed by atoms with Crippen molar-refractivity contribution in [3.8, 4) is 16.5 Å². The smallest absolute Gasteiger partial charge is 0.280 e. The summed E-state index contributed by atoms with van der Waals surface area (Å²) in [6, 6.07) is 3.02. The Hall–Kier alpha value is -3.20. The first-order chi connectivity index (χ1) is 19.2. The lowest BCUT2D eigenvalue weighted by atomic mass is 10.1. The minimum absolute atomic E-state index is 0.127. The van der Waals surface area contributed by atoms with Crippen LogP contribution in [-0.4, -0.2) is 82.9 Å². The lowest BCUT2D eigenvalue weighted by Gasteiger charge is -2.40. The number of aromatic nitrogens is 4. The molecule has 4 heterocycles. The number of morpholine rings is 1. The Bertz CT molecular complexity index is 1440. The first kappa shape index (κ1) is 28.3. The van der Waals surface area contributed by atoms with Crippen molar-refractivity contribution in [1.82, 2.24) is 30.2 Å². The number of anilines is 1. The highest BCUT2D eigenvalue weighted by molar-refractivity contribution is 7.93. The third-order valence-electron chi connectivity index (χ3n) is 6.77. The second-order valence-electron chi connectivity index (χ2n) is 9.98. The van der Waals surface area contributed by atoms with Gasteiger partial charge in [0.05, 0.1) is 59.8 Å². The van der Waals surface area contributed by atoms with Gasteiger partial charge in [-0.1, -0.05) is 0 Å². The van der Waals surface area contributed by atoms with Crippen LogP contribution in [0.1, 0.15) is 55.2 Å². The first-order valence-electron chi connectivity index (χ1n) is 13.3. The van der Waals surface area contributed by atoms with Gasteiger partial charge in [0.15, 0.2) is 5.01 Å². The van der Waals surface area contributed by atoms with Gasteiger partial charge in [-0.05, 0) is 45.7 Å². The van der Waals surface area contributed by atoms with Crippen LogP contribution in [0, 0.1) is 0 Å².